The summed E-state index contributed by atoms with van der Waals surface area (Å²) in [6.45, 7) is 2.64. The van der Waals surface area contributed by atoms with Crippen molar-refractivity contribution in [2.75, 3.05) is 16.6 Å². The molecule has 7 heteroatoms. The van der Waals surface area contributed by atoms with E-state index in [0.29, 0.717) is 23.1 Å². The van der Waals surface area contributed by atoms with Gasteiger partial charge in [0.1, 0.15) is 11.7 Å². The summed E-state index contributed by atoms with van der Waals surface area (Å²) in [5.41, 5.74) is 2.08. The van der Waals surface area contributed by atoms with Crippen molar-refractivity contribution >= 4 is 34.8 Å². The molecule has 0 unspecified atom stereocenters. The van der Waals surface area contributed by atoms with E-state index in [1.807, 2.05) is 55.5 Å². The maximum atomic E-state index is 13.6. The quantitative estimate of drug-likeness (QED) is 0.472. The first-order valence-corrected chi connectivity index (χ1v) is 11.3. The Hall–Kier alpha value is -3.35. The number of para-hydroxylation sites is 1. The number of nitrogens with zero attached hydrogens (tertiary/aromatic N) is 2. The molecule has 3 atom stereocenters. The van der Waals surface area contributed by atoms with Gasteiger partial charge >= 0.3 is 0 Å². The van der Waals surface area contributed by atoms with Crippen LogP contribution in [0.1, 0.15) is 24.9 Å². The number of rotatable bonds is 6. The maximum Gasteiger partial charge on any atom is 0.266 e. The van der Waals surface area contributed by atoms with Crippen molar-refractivity contribution < 1.29 is 19.2 Å². The molecule has 5 rings (SSSR count). The molecule has 2 fully saturated rings. The number of hydrogen-bond acceptors (Lipinski definition) is 5. The lowest BCUT2D eigenvalue weighted by molar-refractivity contribution is -0.126. The van der Waals surface area contributed by atoms with Gasteiger partial charge in [0.25, 0.3) is 5.91 Å². The normalized spacial score (nSPS) is 22.1. The summed E-state index contributed by atoms with van der Waals surface area (Å²) in [5.74, 6) is -0.677. The Morgan fingerprint density at radius 2 is 1.67 bits per heavy atom. The van der Waals surface area contributed by atoms with E-state index in [1.54, 1.807) is 35.4 Å². The molecule has 2 amide bonds. The molecule has 0 aliphatic carbocycles. The zero-order valence-electron chi connectivity index (χ0n) is 18.1. The van der Waals surface area contributed by atoms with Gasteiger partial charge in [0.15, 0.2) is 6.10 Å². The van der Waals surface area contributed by atoms with Crippen LogP contribution in [0, 0.1) is 5.92 Å². The van der Waals surface area contributed by atoms with E-state index in [0.717, 1.165) is 17.7 Å². The van der Waals surface area contributed by atoms with E-state index in [2.05, 4.69) is 0 Å². The Morgan fingerprint density at radius 3 is 2.36 bits per heavy atom. The summed E-state index contributed by atoms with van der Waals surface area (Å²) in [6, 6.07) is 23.3. The molecule has 3 aromatic carbocycles. The van der Waals surface area contributed by atoms with E-state index < -0.39 is 18.1 Å². The summed E-state index contributed by atoms with van der Waals surface area (Å²) in [7, 11) is 0. The van der Waals surface area contributed by atoms with Crippen LogP contribution in [0.4, 0.5) is 11.4 Å². The number of fused-ring (bicyclic) bond motifs is 1. The van der Waals surface area contributed by atoms with Gasteiger partial charge in [-0.2, -0.15) is 0 Å². The first-order chi connectivity index (χ1) is 16.1. The van der Waals surface area contributed by atoms with Crippen LogP contribution in [-0.2, 0) is 14.4 Å². The predicted molar refractivity (Wildman–Crippen MR) is 126 cm³/mol. The molecule has 0 aromatic heterocycles. The van der Waals surface area contributed by atoms with Crippen LogP contribution >= 0.6 is 11.6 Å². The number of hydrogen-bond donors (Lipinski definition) is 0. The Bertz CT molecular complexity index is 1170. The Morgan fingerprint density at radius 1 is 0.909 bits per heavy atom. The Balaban J connectivity index is 1.50. The van der Waals surface area contributed by atoms with E-state index in [4.69, 9.17) is 21.2 Å². The highest BCUT2D eigenvalue weighted by Gasteiger charge is 2.60. The molecule has 0 saturated carbocycles. The molecule has 3 aromatic rings. The van der Waals surface area contributed by atoms with Crippen molar-refractivity contribution in [3.05, 3.63) is 89.4 Å². The van der Waals surface area contributed by atoms with Crippen molar-refractivity contribution in [3.8, 4) is 5.75 Å². The van der Waals surface area contributed by atoms with E-state index in [9.17, 15) is 9.59 Å². The summed E-state index contributed by atoms with van der Waals surface area (Å²) in [4.78, 5) is 34.4. The van der Waals surface area contributed by atoms with E-state index in [1.165, 1.54) is 4.90 Å². The van der Waals surface area contributed by atoms with Gasteiger partial charge in [-0.1, -0.05) is 48.9 Å². The highest BCUT2D eigenvalue weighted by molar-refractivity contribution is 6.30. The molecule has 2 aliphatic rings. The van der Waals surface area contributed by atoms with Crippen LogP contribution in [0.5, 0.6) is 5.75 Å². The molecule has 2 saturated heterocycles. The minimum atomic E-state index is -0.919. The summed E-state index contributed by atoms with van der Waals surface area (Å²) in [5, 5.41) is 2.22. The third kappa shape index (κ3) is 3.86. The fraction of sp³-hybridized carbons (Fsp3) is 0.231. The predicted octanol–water partition coefficient (Wildman–Crippen LogP) is 5.18. The zero-order valence-corrected chi connectivity index (χ0v) is 18.8. The van der Waals surface area contributed by atoms with Crippen LogP contribution in [0.15, 0.2) is 78.9 Å². The minimum Gasteiger partial charge on any atom is -0.494 e. The lowest BCUT2D eigenvalue weighted by Crippen LogP contribution is -2.37. The zero-order chi connectivity index (χ0) is 22.9. The Labute approximate surface area is 197 Å². The standard InChI is InChI=1S/C26H23ClN2O4/c1-2-15-32-21-13-11-19(12-14-21)28-25(30)22-23(17-7-6-8-18(27)16-17)29(33-24(22)26(28)31)20-9-4-3-5-10-20/h3-14,16,22-24H,2,15H2,1H3/t22-,23+,24+/m1/s1. The minimum absolute atomic E-state index is 0.296. The maximum absolute atomic E-state index is 13.6. The van der Waals surface area contributed by atoms with Gasteiger partial charge in [-0.25, -0.2) is 9.96 Å². The van der Waals surface area contributed by atoms with Gasteiger partial charge in [0, 0.05) is 5.02 Å². The van der Waals surface area contributed by atoms with E-state index in [-0.39, 0.29) is 11.8 Å². The van der Waals surface area contributed by atoms with Crippen LogP contribution in [0.2, 0.25) is 5.02 Å². The van der Waals surface area contributed by atoms with Crippen LogP contribution in [0.3, 0.4) is 0 Å². The molecule has 0 N–H and O–H groups in total. The van der Waals surface area contributed by atoms with Gasteiger partial charge in [-0.15, -0.1) is 0 Å². The topological polar surface area (TPSA) is 59.1 Å². The molecule has 33 heavy (non-hydrogen) atoms. The van der Waals surface area contributed by atoms with Crippen LogP contribution < -0.4 is 14.7 Å². The van der Waals surface area contributed by atoms with Gasteiger partial charge in [-0.05, 0) is 60.5 Å². The Kier molecular flexibility index (Phi) is 5.79. The summed E-state index contributed by atoms with van der Waals surface area (Å²) < 4.78 is 5.62. The number of benzene rings is 3. The van der Waals surface area contributed by atoms with Gasteiger partial charge in [0.2, 0.25) is 5.91 Å². The van der Waals surface area contributed by atoms with Crippen molar-refractivity contribution in [1.29, 1.82) is 0 Å². The monoisotopic (exact) mass is 462 g/mol. The molecule has 168 valence electrons. The molecule has 2 aliphatic heterocycles. The number of carbonyl (C=O) groups excluding carboxylic acids is 2. The van der Waals surface area contributed by atoms with Crippen LogP contribution in [0.25, 0.3) is 0 Å². The van der Waals surface area contributed by atoms with Gasteiger partial charge in [0.05, 0.1) is 24.0 Å². The van der Waals surface area contributed by atoms with Gasteiger partial charge < -0.3 is 4.74 Å². The number of ether oxygens (including phenoxy) is 1. The number of anilines is 2. The number of hydroxylamine groups is 1. The molecular weight excluding hydrogens is 440 g/mol. The van der Waals surface area contributed by atoms with Crippen molar-refractivity contribution in [2.45, 2.75) is 25.5 Å². The molecular formula is C26H23ClN2O4. The lowest BCUT2D eigenvalue weighted by atomic mass is 9.90. The second-order valence-electron chi connectivity index (χ2n) is 8.07. The molecule has 0 bridgehead atoms. The van der Waals surface area contributed by atoms with Crippen molar-refractivity contribution in [2.24, 2.45) is 5.92 Å². The smallest absolute Gasteiger partial charge is 0.266 e. The number of imide groups is 1. The molecule has 0 spiro atoms. The molecule has 6 nitrogen and oxygen atoms in total. The number of carbonyl (C=O) groups is 2. The average Bonchev–Trinajstić information content (AvgIpc) is 3.35. The van der Waals surface area contributed by atoms with Crippen LogP contribution in [-0.4, -0.2) is 24.5 Å². The first kappa shape index (κ1) is 21.5. The van der Waals surface area contributed by atoms with Crippen molar-refractivity contribution in [3.63, 3.8) is 0 Å². The summed E-state index contributed by atoms with van der Waals surface area (Å²) >= 11 is 6.27. The molecule has 0 radical (unpaired) electrons. The number of halogens is 1. The SMILES string of the molecule is CCCOc1ccc(N2C(=O)[C@H]3[C@H](ON(c4ccccc4)[C@H]3c3cccc(Cl)c3)C2=O)cc1. The fourth-order valence-corrected chi connectivity index (χ4v) is 4.61. The van der Waals surface area contributed by atoms with Gasteiger partial charge in [-0.3, -0.25) is 14.4 Å². The third-order valence-corrected chi connectivity index (χ3v) is 6.12. The molecule has 2 heterocycles. The highest BCUT2D eigenvalue weighted by atomic mass is 35.5. The summed E-state index contributed by atoms with van der Waals surface area (Å²) in [6.07, 6.45) is -0.0216. The third-order valence-electron chi connectivity index (χ3n) is 5.88. The largest absolute Gasteiger partial charge is 0.494 e. The fourth-order valence-electron chi connectivity index (χ4n) is 4.41. The average molecular weight is 463 g/mol. The highest BCUT2D eigenvalue weighted by Crippen LogP contribution is 2.47. The number of amides is 2. The lowest BCUT2D eigenvalue weighted by Gasteiger charge is -2.28. The second kappa shape index (κ2) is 8.89. The van der Waals surface area contributed by atoms with Crippen molar-refractivity contribution in [1.82, 2.24) is 0 Å². The second-order valence-corrected chi connectivity index (χ2v) is 8.50. The first-order valence-electron chi connectivity index (χ1n) is 11.0. The van der Waals surface area contributed by atoms with E-state index >= 15 is 0 Å².